The third-order valence-electron chi connectivity index (χ3n) is 3.61. The molecule has 0 saturated heterocycles. The molecular weight excluding hydrogens is 334 g/mol. The lowest BCUT2D eigenvalue weighted by Gasteiger charge is -2.07. The molecule has 0 bridgehead atoms. The average molecular weight is 355 g/mol. The number of aromatic nitrogens is 2. The van der Waals surface area contributed by atoms with E-state index in [-0.39, 0.29) is 5.91 Å². The summed E-state index contributed by atoms with van der Waals surface area (Å²) >= 11 is 1.39. The van der Waals surface area contributed by atoms with Crippen molar-refractivity contribution in [1.29, 1.82) is 0 Å². The van der Waals surface area contributed by atoms with Gasteiger partial charge in [0.25, 0.3) is 0 Å². The highest BCUT2D eigenvalue weighted by molar-refractivity contribution is 7.99. The van der Waals surface area contributed by atoms with Gasteiger partial charge in [0.2, 0.25) is 5.91 Å². The number of fused-ring (bicyclic) bond motifs is 1. The Morgan fingerprint density at radius 3 is 2.76 bits per heavy atom. The van der Waals surface area contributed by atoms with E-state index in [0.717, 1.165) is 47.1 Å². The minimum absolute atomic E-state index is 0.0647. The summed E-state index contributed by atoms with van der Waals surface area (Å²) in [5, 5.41) is 3.63. The first-order valence-corrected chi connectivity index (χ1v) is 9.33. The van der Waals surface area contributed by atoms with Crippen LogP contribution in [0.1, 0.15) is 19.8 Å². The van der Waals surface area contributed by atoms with Crippen LogP contribution >= 0.6 is 11.8 Å². The number of nitrogens with one attached hydrogen (secondary N) is 2. The molecule has 0 radical (unpaired) electrons. The largest absolute Gasteiger partial charge is 0.494 e. The molecule has 0 fully saturated rings. The lowest BCUT2D eigenvalue weighted by Crippen LogP contribution is -2.14. The SMILES string of the molecule is CCCCOc1ccc(NC(=O)CSc2nc3ccccc3[nH]2)cc1. The number of carbonyl (C=O) groups excluding carboxylic acids is 1. The number of carbonyl (C=O) groups is 1. The summed E-state index contributed by atoms with van der Waals surface area (Å²) in [6.07, 6.45) is 2.15. The Balaban J connectivity index is 1.48. The van der Waals surface area contributed by atoms with Gasteiger partial charge in [0.05, 0.1) is 23.4 Å². The predicted octanol–water partition coefficient (Wildman–Crippen LogP) is 4.47. The summed E-state index contributed by atoms with van der Waals surface area (Å²) in [6, 6.07) is 15.3. The van der Waals surface area contributed by atoms with E-state index in [1.165, 1.54) is 11.8 Å². The van der Waals surface area contributed by atoms with Crippen LogP contribution < -0.4 is 10.1 Å². The molecule has 5 nitrogen and oxygen atoms in total. The Labute approximate surface area is 151 Å². The number of benzene rings is 2. The maximum Gasteiger partial charge on any atom is 0.234 e. The van der Waals surface area contributed by atoms with Crippen LogP contribution in [0.2, 0.25) is 0 Å². The molecular formula is C19H21N3O2S. The number of nitrogens with zero attached hydrogens (tertiary/aromatic N) is 1. The van der Waals surface area contributed by atoms with Gasteiger partial charge in [0.15, 0.2) is 5.16 Å². The van der Waals surface area contributed by atoms with Crippen molar-refractivity contribution < 1.29 is 9.53 Å². The highest BCUT2D eigenvalue weighted by Gasteiger charge is 2.07. The van der Waals surface area contributed by atoms with Crippen molar-refractivity contribution in [3.8, 4) is 5.75 Å². The first-order valence-electron chi connectivity index (χ1n) is 8.35. The van der Waals surface area contributed by atoms with Crippen molar-refractivity contribution in [1.82, 2.24) is 9.97 Å². The number of unbranched alkanes of at least 4 members (excludes halogenated alkanes) is 1. The second-order valence-electron chi connectivity index (χ2n) is 5.62. The van der Waals surface area contributed by atoms with E-state index >= 15 is 0 Å². The molecule has 130 valence electrons. The van der Waals surface area contributed by atoms with Crippen LogP contribution in [0.15, 0.2) is 53.7 Å². The minimum atomic E-state index is -0.0647. The standard InChI is InChI=1S/C19H21N3O2S/c1-2-3-12-24-15-10-8-14(9-11-15)20-18(23)13-25-19-21-16-6-4-5-7-17(16)22-19/h4-11H,2-3,12-13H2,1H3,(H,20,23)(H,21,22). The molecule has 3 rings (SSSR count). The second-order valence-corrected chi connectivity index (χ2v) is 6.59. The maximum atomic E-state index is 12.1. The Hall–Kier alpha value is -2.47. The Kier molecular flexibility index (Phi) is 5.95. The second kappa shape index (κ2) is 8.58. The molecule has 0 aliphatic rings. The number of aromatic amines is 1. The van der Waals surface area contributed by atoms with Crippen molar-refractivity contribution in [2.75, 3.05) is 17.7 Å². The summed E-state index contributed by atoms with van der Waals surface area (Å²) in [5.74, 6) is 1.06. The molecule has 0 unspecified atom stereocenters. The first-order chi connectivity index (χ1) is 12.2. The zero-order chi connectivity index (χ0) is 17.5. The van der Waals surface area contributed by atoms with E-state index in [4.69, 9.17) is 4.74 Å². The van der Waals surface area contributed by atoms with E-state index < -0.39 is 0 Å². The van der Waals surface area contributed by atoms with Gasteiger partial charge in [-0.05, 0) is 42.8 Å². The van der Waals surface area contributed by atoms with Crippen molar-refractivity contribution >= 4 is 34.4 Å². The van der Waals surface area contributed by atoms with Crippen molar-refractivity contribution in [2.45, 2.75) is 24.9 Å². The zero-order valence-electron chi connectivity index (χ0n) is 14.1. The van der Waals surface area contributed by atoms with Gasteiger partial charge in [-0.1, -0.05) is 37.2 Å². The number of ether oxygens (including phenoxy) is 1. The van der Waals surface area contributed by atoms with Crippen LogP contribution in [0.5, 0.6) is 5.75 Å². The highest BCUT2D eigenvalue weighted by atomic mass is 32.2. The quantitative estimate of drug-likeness (QED) is 0.462. The number of rotatable bonds is 8. The van der Waals surface area contributed by atoms with Gasteiger partial charge >= 0.3 is 0 Å². The molecule has 0 atom stereocenters. The topological polar surface area (TPSA) is 67.0 Å². The minimum Gasteiger partial charge on any atom is -0.494 e. The van der Waals surface area contributed by atoms with Crippen molar-refractivity contribution in [2.24, 2.45) is 0 Å². The molecule has 1 heterocycles. The Bertz CT molecular complexity index is 797. The van der Waals surface area contributed by atoms with Gasteiger partial charge in [-0.25, -0.2) is 4.98 Å². The maximum absolute atomic E-state index is 12.1. The smallest absolute Gasteiger partial charge is 0.234 e. The average Bonchev–Trinajstić information content (AvgIpc) is 3.05. The molecule has 6 heteroatoms. The normalized spacial score (nSPS) is 10.8. The Morgan fingerprint density at radius 2 is 2.00 bits per heavy atom. The third-order valence-corrected chi connectivity index (χ3v) is 4.49. The number of imidazole rings is 1. The molecule has 1 amide bonds. The number of thioether (sulfide) groups is 1. The number of para-hydroxylation sites is 2. The van der Waals surface area contributed by atoms with E-state index in [9.17, 15) is 4.79 Å². The van der Waals surface area contributed by atoms with Gasteiger partial charge < -0.3 is 15.0 Å². The number of H-pyrrole nitrogens is 1. The van der Waals surface area contributed by atoms with Crippen LogP contribution in [-0.4, -0.2) is 28.2 Å². The van der Waals surface area contributed by atoms with Crippen LogP contribution in [0.25, 0.3) is 11.0 Å². The molecule has 0 saturated carbocycles. The van der Waals surface area contributed by atoms with E-state index in [1.807, 2.05) is 48.5 Å². The van der Waals surface area contributed by atoms with Gasteiger partial charge in [0.1, 0.15) is 5.75 Å². The summed E-state index contributed by atoms with van der Waals surface area (Å²) in [5.41, 5.74) is 2.64. The molecule has 2 N–H and O–H groups in total. The summed E-state index contributed by atoms with van der Waals surface area (Å²) in [4.78, 5) is 19.7. The lowest BCUT2D eigenvalue weighted by atomic mass is 10.3. The zero-order valence-corrected chi connectivity index (χ0v) is 14.9. The van der Waals surface area contributed by atoms with Gasteiger partial charge in [0, 0.05) is 5.69 Å². The molecule has 0 aliphatic heterocycles. The fraction of sp³-hybridized carbons (Fsp3) is 0.263. The van der Waals surface area contributed by atoms with E-state index in [1.54, 1.807) is 0 Å². The molecule has 1 aromatic heterocycles. The molecule has 25 heavy (non-hydrogen) atoms. The van der Waals surface area contributed by atoms with Gasteiger partial charge in [-0.15, -0.1) is 0 Å². The van der Waals surface area contributed by atoms with Crippen LogP contribution in [0.3, 0.4) is 0 Å². The van der Waals surface area contributed by atoms with Gasteiger partial charge in [-0.3, -0.25) is 4.79 Å². The summed E-state index contributed by atoms with van der Waals surface area (Å²) in [7, 11) is 0. The number of hydrogen-bond donors (Lipinski definition) is 2. The molecule has 3 aromatic rings. The first kappa shape index (κ1) is 17.4. The highest BCUT2D eigenvalue weighted by Crippen LogP contribution is 2.20. The molecule has 0 spiro atoms. The van der Waals surface area contributed by atoms with Crippen molar-refractivity contribution in [3.05, 3.63) is 48.5 Å². The fourth-order valence-electron chi connectivity index (χ4n) is 2.30. The predicted molar refractivity (Wildman–Crippen MR) is 102 cm³/mol. The van der Waals surface area contributed by atoms with Crippen LogP contribution in [-0.2, 0) is 4.79 Å². The molecule has 0 aliphatic carbocycles. The van der Waals surface area contributed by atoms with Crippen LogP contribution in [0, 0.1) is 0 Å². The fourth-order valence-corrected chi connectivity index (χ4v) is 2.98. The summed E-state index contributed by atoms with van der Waals surface area (Å²) in [6.45, 7) is 2.85. The lowest BCUT2D eigenvalue weighted by molar-refractivity contribution is -0.113. The monoisotopic (exact) mass is 355 g/mol. The van der Waals surface area contributed by atoms with Crippen LogP contribution in [0.4, 0.5) is 5.69 Å². The number of anilines is 1. The van der Waals surface area contributed by atoms with E-state index in [0.29, 0.717) is 5.75 Å². The Morgan fingerprint density at radius 1 is 1.20 bits per heavy atom. The van der Waals surface area contributed by atoms with Gasteiger partial charge in [-0.2, -0.15) is 0 Å². The number of amides is 1. The van der Waals surface area contributed by atoms with E-state index in [2.05, 4.69) is 22.2 Å². The summed E-state index contributed by atoms with van der Waals surface area (Å²) < 4.78 is 5.61. The third kappa shape index (κ3) is 5.00. The number of hydrogen-bond acceptors (Lipinski definition) is 4. The molecule has 2 aromatic carbocycles. The van der Waals surface area contributed by atoms with Crippen molar-refractivity contribution in [3.63, 3.8) is 0 Å².